The molecule has 0 spiro atoms. The summed E-state index contributed by atoms with van der Waals surface area (Å²) in [6, 6.07) is 0.803. The summed E-state index contributed by atoms with van der Waals surface area (Å²) in [7, 11) is 0. The van der Waals surface area contributed by atoms with Crippen molar-refractivity contribution in [3.05, 3.63) is 12.5 Å². The lowest BCUT2D eigenvalue weighted by Gasteiger charge is -2.31. The van der Waals surface area contributed by atoms with Gasteiger partial charge in [0.1, 0.15) is 11.9 Å². The molecule has 0 unspecified atom stereocenters. The average Bonchev–Trinajstić information content (AvgIpc) is 2.80. The van der Waals surface area contributed by atoms with E-state index >= 15 is 0 Å². The zero-order valence-electron chi connectivity index (χ0n) is 11.7. The maximum Gasteiger partial charge on any atom is 0.407 e. The van der Waals surface area contributed by atoms with Gasteiger partial charge in [0.2, 0.25) is 0 Å². The van der Waals surface area contributed by atoms with Crippen LogP contribution in [0.3, 0.4) is 0 Å². The van der Waals surface area contributed by atoms with Crippen molar-refractivity contribution in [1.29, 1.82) is 0 Å². The summed E-state index contributed by atoms with van der Waals surface area (Å²) < 4.78 is 10.5. The topological polar surface area (TPSA) is 67.6 Å². The summed E-state index contributed by atoms with van der Waals surface area (Å²) in [6.45, 7) is 7.22. The Morgan fingerprint density at radius 3 is 2.68 bits per heavy atom. The van der Waals surface area contributed by atoms with E-state index in [-0.39, 0.29) is 12.1 Å². The van der Waals surface area contributed by atoms with Crippen molar-refractivity contribution < 1.29 is 13.9 Å². The molecule has 6 heteroatoms. The molecule has 19 heavy (non-hydrogen) atoms. The molecule has 0 radical (unpaired) electrons. The third-order valence-electron chi connectivity index (χ3n) is 2.91. The van der Waals surface area contributed by atoms with Crippen LogP contribution in [-0.4, -0.2) is 35.8 Å². The van der Waals surface area contributed by atoms with Crippen molar-refractivity contribution >= 4 is 12.1 Å². The predicted octanol–water partition coefficient (Wildman–Crippen LogP) is 2.17. The Morgan fingerprint density at radius 2 is 2.16 bits per heavy atom. The van der Waals surface area contributed by atoms with Gasteiger partial charge in [-0.15, -0.1) is 0 Å². The molecule has 0 aromatic carbocycles. The van der Waals surface area contributed by atoms with Crippen LogP contribution in [0.4, 0.5) is 10.8 Å². The molecule has 2 heterocycles. The van der Waals surface area contributed by atoms with E-state index in [1.165, 1.54) is 0 Å². The largest absolute Gasteiger partial charge is 0.444 e. The Hall–Kier alpha value is -1.72. The van der Waals surface area contributed by atoms with Crippen LogP contribution in [-0.2, 0) is 4.74 Å². The van der Waals surface area contributed by atoms with Gasteiger partial charge in [-0.3, -0.25) is 0 Å². The zero-order valence-corrected chi connectivity index (χ0v) is 11.7. The molecule has 1 aliphatic rings. The summed E-state index contributed by atoms with van der Waals surface area (Å²) in [5.74, 6) is 0. The molecule has 1 aromatic heterocycles. The van der Waals surface area contributed by atoms with Crippen LogP contribution in [0.15, 0.2) is 16.9 Å². The number of amides is 1. The molecule has 0 atom stereocenters. The number of anilines is 1. The lowest BCUT2D eigenvalue weighted by atomic mass is 10.1. The number of ether oxygens (including phenoxy) is 1. The van der Waals surface area contributed by atoms with Crippen molar-refractivity contribution in [2.75, 3.05) is 18.0 Å². The molecular weight excluding hydrogens is 246 g/mol. The summed E-state index contributed by atoms with van der Waals surface area (Å²) in [6.07, 6.45) is 4.59. The molecule has 1 amide bonds. The fourth-order valence-electron chi connectivity index (χ4n) is 2.06. The van der Waals surface area contributed by atoms with Crippen molar-refractivity contribution in [3.8, 4) is 0 Å². The van der Waals surface area contributed by atoms with Crippen LogP contribution in [0.1, 0.15) is 33.6 Å². The molecule has 6 nitrogen and oxygen atoms in total. The quantitative estimate of drug-likeness (QED) is 0.889. The second kappa shape index (κ2) is 5.50. The third-order valence-corrected chi connectivity index (χ3v) is 2.91. The van der Waals surface area contributed by atoms with Crippen LogP contribution in [0.5, 0.6) is 0 Å². The van der Waals surface area contributed by atoms with E-state index in [9.17, 15) is 4.79 Å². The number of carbonyl (C=O) groups is 1. The highest BCUT2D eigenvalue weighted by atomic mass is 16.6. The lowest BCUT2D eigenvalue weighted by Crippen LogP contribution is -2.46. The normalized spacial score (nSPS) is 17.3. The van der Waals surface area contributed by atoms with Gasteiger partial charge in [0, 0.05) is 19.1 Å². The molecule has 1 N–H and O–H groups in total. The number of rotatable bonds is 2. The van der Waals surface area contributed by atoms with Gasteiger partial charge in [-0.05, 0) is 33.6 Å². The Morgan fingerprint density at radius 1 is 1.47 bits per heavy atom. The number of nitrogens with one attached hydrogen (secondary N) is 1. The molecule has 106 valence electrons. The SMILES string of the molecule is CC(C)(C)OC(=O)NC1CCN(c2ncco2)CC1. The van der Waals surface area contributed by atoms with E-state index in [0.29, 0.717) is 6.01 Å². The van der Waals surface area contributed by atoms with E-state index in [2.05, 4.69) is 15.2 Å². The van der Waals surface area contributed by atoms with E-state index in [1.807, 2.05) is 20.8 Å². The number of piperidine rings is 1. The smallest absolute Gasteiger partial charge is 0.407 e. The summed E-state index contributed by atoms with van der Waals surface area (Å²) in [5.41, 5.74) is -0.455. The molecule has 0 saturated carbocycles. The molecule has 2 rings (SSSR count). The van der Waals surface area contributed by atoms with E-state index in [1.54, 1.807) is 12.5 Å². The molecule has 0 bridgehead atoms. The number of carbonyl (C=O) groups excluding carboxylic acids is 1. The van der Waals surface area contributed by atoms with Crippen LogP contribution in [0, 0.1) is 0 Å². The fourth-order valence-corrected chi connectivity index (χ4v) is 2.06. The first-order chi connectivity index (χ1) is 8.94. The number of hydrogen-bond donors (Lipinski definition) is 1. The second-order valence-corrected chi connectivity index (χ2v) is 5.72. The van der Waals surface area contributed by atoms with E-state index in [4.69, 9.17) is 9.15 Å². The van der Waals surface area contributed by atoms with Crippen molar-refractivity contribution in [1.82, 2.24) is 10.3 Å². The number of hydrogen-bond acceptors (Lipinski definition) is 5. The van der Waals surface area contributed by atoms with Crippen molar-refractivity contribution in [2.45, 2.75) is 45.3 Å². The minimum Gasteiger partial charge on any atom is -0.444 e. The highest BCUT2D eigenvalue weighted by Gasteiger charge is 2.24. The second-order valence-electron chi connectivity index (χ2n) is 5.72. The number of nitrogens with zero attached hydrogens (tertiary/aromatic N) is 2. The predicted molar refractivity (Wildman–Crippen MR) is 71.1 cm³/mol. The third kappa shape index (κ3) is 4.15. The Labute approximate surface area is 113 Å². The first-order valence-corrected chi connectivity index (χ1v) is 6.58. The minimum absolute atomic E-state index is 0.154. The van der Waals surface area contributed by atoms with Gasteiger partial charge in [0.15, 0.2) is 0 Å². The molecule has 1 saturated heterocycles. The number of alkyl carbamates (subject to hydrolysis) is 1. The van der Waals surface area contributed by atoms with Crippen LogP contribution in [0.25, 0.3) is 0 Å². The molecule has 1 fully saturated rings. The Balaban J connectivity index is 1.76. The summed E-state index contributed by atoms with van der Waals surface area (Å²) >= 11 is 0. The Kier molecular flexibility index (Phi) is 3.97. The van der Waals surface area contributed by atoms with E-state index in [0.717, 1.165) is 25.9 Å². The summed E-state index contributed by atoms with van der Waals surface area (Å²) in [4.78, 5) is 17.9. The Bertz CT molecular complexity index is 403. The van der Waals surface area contributed by atoms with Crippen molar-refractivity contribution in [3.63, 3.8) is 0 Å². The molecule has 0 aliphatic carbocycles. The number of oxazole rings is 1. The monoisotopic (exact) mass is 267 g/mol. The molecular formula is C13H21N3O3. The highest BCUT2D eigenvalue weighted by Crippen LogP contribution is 2.18. The first-order valence-electron chi connectivity index (χ1n) is 6.58. The van der Waals surface area contributed by atoms with Gasteiger partial charge in [-0.1, -0.05) is 0 Å². The number of aromatic nitrogens is 1. The van der Waals surface area contributed by atoms with Gasteiger partial charge >= 0.3 is 6.09 Å². The van der Waals surface area contributed by atoms with Crippen LogP contribution in [0.2, 0.25) is 0 Å². The maximum atomic E-state index is 11.7. The molecule has 1 aliphatic heterocycles. The average molecular weight is 267 g/mol. The van der Waals surface area contributed by atoms with Crippen LogP contribution < -0.4 is 10.2 Å². The van der Waals surface area contributed by atoms with Crippen molar-refractivity contribution in [2.24, 2.45) is 0 Å². The van der Waals surface area contributed by atoms with E-state index < -0.39 is 5.60 Å². The minimum atomic E-state index is -0.455. The van der Waals surface area contributed by atoms with Gasteiger partial charge in [0.05, 0.1) is 6.20 Å². The zero-order chi connectivity index (χ0) is 13.9. The van der Waals surface area contributed by atoms with Gasteiger partial charge in [-0.25, -0.2) is 9.78 Å². The maximum absolute atomic E-state index is 11.7. The first kappa shape index (κ1) is 13.7. The highest BCUT2D eigenvalue weighted by molar-refractivity contribution is 5.68. The standard InChI is InChI=1S/C13H21N3O3/c1-13(2,3)19-12(17)15-10-4-7-16(8-5-10)11-14-6-9-18-11/h6,9-10H,4-5,7-8H2,1-3H3,(H,15,17). The van der Waals surface area contributed by atoms with Gasteiger partial charge in [-0.2, -0.15) is 0 Å². The van der Waals surface area contributed by atoms with Gasteiger partial charge in [0.25, 0.3) is 6.01 Å². The fraction of sp³-hybridized carbons (Fsp3) is 0.692. The van der Waals surface area contributed by atoms with Crippen LogP contribution >= 0.6 is 0 Å². The lowest BCUT2D eigenvalue weighted by molar-refractivity contribution is 0.0497. The summed E-state index contributed by atoms with van der Waals surface area (Å²) in [5, 5.41) is 2.90. The van der Waals surface area contributed by atoms with Gasteiger partial charge < -0.3 is 19.4 Å². The molecule has 1 aromatic rings.